The van der Waals surface area contributed by atoms with Crippen LogP contribution in [0.25, 0.3) is 0 Å². The molecule has 0 bridgehead atoms. The smallest absolute Gasteiger partial charge is 0.262 e. The molecule has 0 radical (unpaired) electrons. The van der Waals surface area contributed by atoms with Crippen molar-refractivity contribution in [3.05, 3.63) is 47.5 Å². The van der Waals surface area contributed by atoms with Crippen molar-refractivity contribution < 1.29 is 21.6 Å². The van der Waals surface area contributed by atoms with Crippen LogP contribution in [0.4, 0.5) is 11.4 Å². The number of para-hydroxylation sites is 1. The van der Waals surface area contributed by atoms with Gasteiger partial charge in [-0.15, -0.1) is 0 Å². The molecule has 28 heavy (non-hydrogen) atoms. The van der Waals surface area contributed by atoms with Gasteiger partial charge in [-0.3, -0.25) is 4.72 Å². The maximum Gasteiger partial charge on any atom is 0.262 e. The molecule has 0 saturated carbocycles. The van der Waals surface area contributed by atoms with Crippen molar-refractivity contribution in [1.82, 2.24) is 4.72 Å². The number of halogens is 1. The van der Waals surface area contributed by atoms with Gasteiger partial charge in [0.15, 0.2) is 0 Å². The molecule has 0 atom stereocenters. The van der Waals surface area contributed by atoms with Crippen molar-refractivity contribution in [2.24, 2.45) is 0 Å². The molecule has 11 heteroatoms. The molecule has 152 valence electrons. The minimum Gasteiger partial charge on any atom is -0.378 e. The number of benzene rings is 2. The van der Waals surface area contributed by atoms with Crippen molar-refractivity contribution in [2.75, 3.05) is 43.0 Å². The van der Waals surface area contributed by atoms with E-state index in [-0.39, 0.29) is 9.79 Å². The Labute approximate surface area is 169 Å². The number of nitrogens with one attached hydrogen (secondary N) is 2. The van der Waals surface area contributed by atoms with Crippen LogP contribution in [0, 0.1) is 0 Å². The fraction of sp³-hybridized carbons (Fsp3) is 0.294. The minimum absolute atomic E-state index is 0.141. The molecule has 0 amide bonds. The van der Waals surface area contributed by atoms with Crippen molar-refractivity contribution in [3.8, 4) is 0 Å². The van der Waals surface area contributed by atoms with Gasteiger partial charge in [-0.25, -0.2) is 21.6 Å². The van der Waals surface area contributed by atoms with Gasteiger partial charge in [-0.05, 0) is 37.4 Å². The van der Waals surface area contributed by atoms with Gasteiger partial charge < -0.3 is 9.64 Å². The Balaban J connectivity index is 1.98. The highest BCUT2D eigenvalue weighted by molar-refractivity contribution is 7.93. The standard InChI is InChI=1S/C17H20ClN3O5S2/c1-19-27(22,23)13-4-2-5-14(12-13)28(24,25)20-16-7-3-6-15(18)17(16)21-8-10-26-11-9-21/h2-7,12,19-20H,8-11H2,1H3. The SMILES string of the molecule is CNS(=O)(=O)c1cccc(S(=O)(=O)Nc2cccc(Cl)c2N2CCOCC2)c1. The van der Waals surface area contributed by atoms with Crippen LogP contribution in [0.2, 0.25) is 5.02 Å². The summed E-state index contributed by atoms with van der Waals surface area (Å²) < 4.78 is 59.8. The zero-order valence-corrected chi connectivity index (χ0v) is 17.4. The van der Waals surface area contributed by atoms with Crippen LogP contribution < -0.4 is 14.3 Å². The Kier molecular flexibility index (Phi) is 6.15. The number of hydrogen-bond donors (Lipinski definition) is 2. The predicted molar refractivity (Wildman–Crippen MR) is 108 cm³/mol. The van der Waals surface area contributed by atoms with Crippen LogP contribution in [0.1, 0.15) is 0 Å². The number of nitrogens with zero attached hydrogens (tertiary/aromatic N) is 1. The first-order valence-electron chi connectivity index (χ1n) is 8.42. The molecular formula is C17H20ClN3O5S2. The summed E-state index contributed by atoms with van der Waals surface area (Å²) >= 11 is 6.34. The first-order chi connectivity index (χ1) is 13.2. The Morgan fingerprint density at radius 3 is 2.21 bits per heavy atom. The molecule has 8 nitrogen and oxygen atoms in total. The number of morpholine rings is 1. The summed E-state index contributed by atoms with van der Waals surface area (Å²) in [5.74, 6) is 0. The molecule has 3 rings (SSSR count). The van der Waals surface area contributed by atoms with Crippen LogP contribution >= 0.6 is 11.6 Å². The van der Waals surface area contributed by atoms with E-state index in [1.807, 2.05) is 4.90 Å². The van der Waals surface area contributed by atoms with Gasteiger partial charge in [-0.2, -0.15) is 0 Å². The number of anilines is 2. The third kappa shape index (κ3) is 4.41. The molecule has 0 aromatic heterocycles. The Bertz CT molecular complexity index is 1070. The Hall–Kier alpha value is -1.85. The van der Waals surface area contributed by atoms with Crippen LogP contribution in [0.15, 0.2) is 52.3 Å². The molecule has 0 unspecified atom stereocenters. The Morgan fingerprint density at radius 2 is 1.57 bits per heavy atom. The first-order valence-corrected chi connectivity index (χ1v) is 11.8. The molecule has 0 aliphatic carbocycles. The highest BCUT2D eigenvalue weighted by Gasteiger charge is 2.23. The summed E-state index contributed by atoms with van der Waals surface area (Å²) in [5.41, 5.74) is 0.881. The highest BCUT2D eigenvalue weighted by Crippen LogP contribution is 2.35. The van der Waals surface area contributed by atoms with Gasteiger partial charge >= 0.3 is 0 Å². The predicted octanol–water partition coefficient (Wildman–Crippen LogP) is 1.89. The molecule has 1 fully saturated rings. The van der Waals surface area contributed by atoms with Gasteiger partial charge in [0, 0.05) is 13.1 Å². The van der Waals surface area contributed by atoms with Crippen molar-refractivity contribution in [1.29, 1.82) is 0 Å². The largest absolute Gasteiger partial charge is 0.378 e. The van der Waals surface area contributed by atoms with Crippen LogP contribution in [0.3, 0.4) is 0 Å². The van der Waals surface area contributed by atoms with Crippen LogP contribution in [0.5, 0.6) is 0 Å². The summed E-state index contributed by atoms with van der Waals surface area (Å²) in [5, 5.41) is 0.411. The van der Waals surface area contributed by atoms with E-state index in [0.29, 0.717) is 42.7 Å². The fourth-order valence-corrected chi connectivity index (χ4v) is 5.09. The summed E-state index contributed by atoms with van der Waals surface area (Å²) in [6.07, 6.45) is 0. The zero-order chi connectivity index (χ0) is 20.4. The van der Waals surface area contributed by atoms with Gasteiger partial charge in [0.25, 0.3) is 10.0 Å². The lowest BCUT2D eigenvalue weighted by atomic mass is 10.2. The van der Waals surface area contributed by atoms with E-state index in [9.17, 15) is 16.8 Å². The monoisotopic (exact) mass is 445 g/mol. The summed E-state index contributed by atoms with van der Waals surface area (Å²) in [4.78, 5) is 1.64. The minimum atomic E-state index is -4.04. The number of rotatable bonds is 6. The number of hydrogen-bond acceptors (Lipinski definition) is 6. The molecule has 0 spiro atoms. The fourth-order valence-electron chi connectivity index (χ4n) is 2.84. The molecule has 2 aromatic carbocycles. The molecule has 1 aliphatic heterocycles. The summed E-state index contributed by atoms with van der Waals surface area (Å²) in [6, 6.07) is 10.1. The van der Waals surface area contributed by atoms with Gasteiger partial charge in [0.1, 0.15) is 0 Å². The number of ether oxygens (including phenoxy) is 1. The van der Waals surface area contributed by atoms with Crippen LogP contribution in [-0.2, 0) is 24.8 Å². The third-order valence-corrected chi connectivity index (χ3v) is 7.33. The second-order valence-electron chi connectivity index (χ2n) is 6.02. The van der Waals surface area contributed by atoms with E-state index in [1.54, 1.807) is 18.2 Å². The lowest BCUT2D eigenvalue weighted by molar-refractivity contribution is 0.123. The molecular weight excluding hydrogens is 426 g/mol. The van der Waals surface area contributed by atoms with Crippen molar-refractivity contribution >= 4 is 43.0 Å². The average Bonchev–Trinajstić information content (AvgIpc) is 2.68. The van der Waals surface area contributed by atoms with E-state index in [2.05, 4.69) is 9.44 Å². The van der Waals surface area contributed by atoms with E-state index in [4.69, 9.17) is 16.3 Å². The van der Waals surface area contributed by atoms with Gasteiger partial charge in [-0.1, -0.05) is 23.7 Å². The maximum atomic E-state index is 12.9. The van der Waals surface area contributed by atoms with Gasteiger partial charge in [0.2, 0.25) is 10.0 Å². The Morgan fingerprint density at radius 1 is 0.964 bits per heavy atom. The van der Waals surface area contributed by atoms with Crippen molar-refractivity contribution in [3.63, 3.8) is 0 Å². The van der Waals surface area contributed by atoms with Gasteiger partial charge in [0.05, 0.1) is 39.4 Å². The van der Waals surface area contributed by atoms with E-state index < -0.39 is 20.0 Å². The molecule has 1 heterocycles. The highest BCUT2D eigenvalue weighted by atomic mass is 35.5. The molecule has 1 saturated heterocycles. The third-order valence-electron chi connectivity index (χ3n) is 4.25. The molecule has 2 N–H and O–H groups in total. The average molecular weight is 446 g/mol. The summed E-state index contributed by atoms with van der Waals surface area (Å²) in [7, 11) is -6.55. The van der Waals surface area contributed by atoms with E-state index >= 15 is 0 Å². The first kappa shape index (κ1) is 20.9. The molecule has 1 aliphatic rings. The maximum absolute atomic E-state index is 12.9. The number of sulfonamides is 2. The van der Waals surface area contributed by atoms with E-state index in [0.717, 1.165) is 6.07 Å². The van der Waals surface area contributed by atoms with E-state index in [1.165, 1.54) is 25.2 Å². The lowest BCUT2D eigenvalue weighted by Crippen LogP contribution is -2.37. The van der Waals surface area contributed by atoms with Crippen LogP contribution in [-0.4, -0.2) is 50.2 Å². The zero-order valence-electron chi connectivity index (χ0n) is 15.1. The molecule has 2 aromatic rings. The lowest BCUT2D eigenvalue weighted by Gasteiger charge is -2.31. The second kappa shape index (κ2) is 8.26. The second-order valence-corrected chi connectivity index (χ2v) is 10.00. The summed E-state index contributed by atoms with van der Waals surface area (Å²) in [6.45, 7) is 2.19. The normalized spacial score (nSPS) is 15.4. The van der Waals surface area contributed by atoms with Crippen molar-refractivity contribution in [2.45, 2.75) is 9.79 Å². The quantitative estimate of drug-likeness (QED) is 0.703. The topological polar surface area (TPSA) is 105 Å².